The normalized spacial score (nSPS) is 29.5. The van der Waals surface area contributed by atoms with Gasteiger partial charge in [-0.3, -0.25) is 0 Å². The molecule has 90 valence electrons. The smallest absolute Gasteiger partial charge is 0.303 e. The van der Waals surface area contributed by atoms with Gasteiger partial charge >= 0.3 is 12.1 Å². The van der Waals surface area contributed by atoms with Gasteiger partial charge in [0.15, 0.2) is 0 Å². The van der Waals surface area contributed by atoms with Gasteiger partial charge in [-0.05, 0) is 13.8 Å². The number of hydrogen-bond acceptors (Lipinski definition) is 2. The molecule has 2 aliphatic rings. The lowest BCUT2D eigenvalue weighted by Crippen LogP contribution is -2.44. The van der Waals surface area contributed by atoms with Gasteiger partial charge in [0.1, 0.15) is 12.3 Å². The largest absolute Gasteiger partial charge is 0.323 e. The zero-order valence-corrected chi connectivity index (χ0v) is 10.2. The van der Waals surface area contributed by atoms with Crippen LogP contribution in [0.25, 0.3) is 0 Å². The van der Waals surface area contributed by atoms with Crippen LogP contribution < -0.4 is 0 Å². The maximum Gasteiger partial charge on any atom is 0.323 e. The minimum atomic E-state index is -0.144. The molecule has 2 fully saturated rings. The first kappa shape index (κ1) is 11.0. The fourth-order valence-electron chi connectivity index (χ4n) is 2.65. The molecule has 0 saturated carbocycles. The topological polar surface area (TPSA) is 47.1 Å². The summed E-state index contributed by atoms with van der Waals surface area (Å²) in [6, 6.07) is -0.00870. The van der Waals surface area contributed by atoms with Crippen LogP contribution in [0.3, 0.4) is 0 Å². The molecule has 0 aliphatic carbocycles. The van der Waals surface area contributed by atoms with E-state index in [-0.39, 0.29) is 24.4 Å². The van der Waals surface area contributed by atoms with Gasteiger partial charge in [-0.15, -0.1) is 0 Å². The SMILES string of the molecule is CCN1C(=O)N(CC)[C@H]2[C@H]1N(C)C(=O)N2C. The number of urea groups is 2. The van der Waals surface area contributed by atoms with Crippen LogP contribution >= 0.6 is 0 Å². The van der Waals surface area contributed by atoms with Crippen LogP contribution in [-0.2, 0) is 0 Å². The molecule has 0 aromatic heterocycles. The molecule has 0 spiro atoms. The second-order valence-corrected chi connectivity index (χ2v) is 4.19. The molecule has 2 saturated heterocycles. The van der Waals surface area contributed by atoms with Crippen molar-refractivity contribution in [1.82, 2.24) is 19.6 Å². The molecule has 4 amide bonds. The number of amides is 4. The third kappa shape index (κ3) is 1.12. The van der Waals surface area contributed by atoms with E-state index in [9.17, 15) is 9.59 Å². The summed E-state index contributed by atoms with van der Waals surface area (Å²) in [5.74, 6) is 0. The maximum atomic E-state index is 12.1. The summed E-state index contributed by atoms with van der Waals surface area (Å²) in [6.07, 6.45) is -0.287. The summed E-state index contributed by atoms with van der Waals surface area (Å²) in [6.45, 7) is 5.12. The maximum absolute atomic E-state index is 12.1. The van der Waals surface area contributed by atoms with Gasteiger partial charge in [0, 0.05) is 27.2 Å². The summed E-state index contributed by atoms with van der Waals surface area (Å²) in [5.41, 5.74) is 0. The van der Waals surface area contributed by atoms with Gasteiger partial charge in [-0.1, -0.05) is 0 Å². The van der Waals surface area contributed by atoms with Crippen molar-refractivity contribution in [2.75, 3.05) is 27.2 Å². The van der Waals surface area contributed by atoms with E-state index in [1.54, 1.807) is 33.7 Å². The second-order valence-electron chi connectivity index (χ2n) is 4.19. The fourth-order valence-corrected chi connectivity index (χ4v) is 2.65. The number of likely N-dealkylation sites (N-methyl/N-ethyl adjacent to an activating group) is 4. The van der Waals surface area contributed by atoms with E-state index in [0.717, 1.165) is 0 Å². The Morgan fingerprint density at radius 3 is 1.56 bits per heavy atom. The molecule has 2 heterocycles. The van der Waals surface area contributed by atoms with Crippen LogP contribution in [0.5, 0.6) is 0 Å². The number of nitrogens with zero attached hydrogens (tertiary/aromatic N) is 4. The van der Waals surface area contributed by atoms with Crippen molar-refractivity contribution in [1.29, 1.82) is 0 Å². The highest BCUT2D eigenvalue weighted by Crippen LogP contribution is 2.32. The number of fused-ring (bicyclic) bond motifs is 1. The van der Waals surface area contributed by atoms with Crippen LogP contribution in [0.1, 0.15) is 13.8 Å². The van der Waals surface area contributed by atoms with Crippen LogP contribution in [0.4, 0.5) is 9.59 Å². The zero-order chi connectivity index (χ0) is 12.0. The lowest BCUT2D eigenvalue weighted by atomic mass is 10.3. The molecule has 0 aromatic carbocycles. The molecule has 16 heavy (non-hydrogen) atoms. The Labute approximate surface area is 95.4 Å². The molecule has 2 aliphatic heterocycles. The molecule has 0 N–H and O–H groups in total. The average molecular weight is 226 g/mol. The lowest BCUT2D eigenvalue weighted by Gasteiger charge is -2.25. The average Bonchev–Trinajstić information content (AvgIpc) is 2.67. The van der Waals surface area contributed by atoms with Gasteiger partial charge in [-0.2, -0.15) is 0 Å². The van der Waals surface area contributed by atoms with Crippen molar-refractivity contribution < 1.29 is 9.59 Å². The first-order valence-corrected chi connectivity index (χ1v) is 5.61. The molecular formula is C10H18N4O2. The molecule has 2 rings (SSSR count). The van der Waals surface area contributed by atoms with Gasteiger partial charge in [-0.25, -0.2) is 9.59 Å². The van der Waals surface area contributed by atoms with Crippen LogP contribution in [0, 0.1) is 0 Å². The first-order valence-electron chi connectivity index (χ1n) is 5.61. The molecule has 0 bridgehead atoms. The first-order chi connectivity index (χ1) is 7.54. The molecular weight excluding hydrogens is 208 g/mol. The van der Waals surface area contributed by atoms with Gasteiger partial charge in [0.2, 0.25) is 0 Å². The summed E-state index contributed by atoms with van der Waals surface area (Å²) < 4.78 is 0. The third-order valence-corrected chi connectivity index (χ3v) is 3.48. The van der Waals surface area contributed by atoms with Crippen LogP contribution in [-0.4, -0.2) is 71.2 Å². The molecule has 0 radical (unpaired) electrons. The van der Waals surface area contributed by atoms with Crippen molar-refractivity contribution in [2.24, 2.45) is 0 Å². The Morgan fingerprint density at radius 2 is 1.25 bits per heavy atom. The van der Waals surface area contributed by atoms with Crippen molar-refractivity contribution in [2.45, 2.75) is 26.2 Å². The molecule has 0 aromatic rings. The van der Waals surface area contributed by atoms with E-state index >= 15 is 0 Å². The van der Waals surface area contributed by atoms with E-state index < -0.39 is 0 Å². The van der Waals surface area contributed by atoms with Crippen LogP contribution in [0.15, 0.2) is 0 Å². The van der Waals surface area contributed by atoms with E-state index in [1.165, 1.54) is 0 Å². The van der Waals surface area contributed by atoms with Crippen molar-refractivity contribution in [3.05, 3.63) is 0 Å². The Morgan fingerprint density at radius 1 is 0.875 bits per heavy atom. The van der Waals surface area contributed by atoms with E-state index in [2.05, 4.69) is 0 Å². The highest BCUT2D eigenvalue weighted by molar-refractivity contribution is 5.84. The fraction of sp³-hybridized carbons (Fsp3) is 0.800. The summed E-state index contributed by atoms with van der Waals surface area (Å²) in [4.78, 5) is 30.7. The highest BCUT2D eigenvalue weighted by atomic mass is 16.2. The number of carbonyl (C=O) groups excluding carboxylic acids is 2. The minimum Gasteiger partial charge on any atom is -0.303 e. The molecule has 0 unspecified atom stereocenters. The Kier molecular flexibility index (Phi) is 2.44. The van der Waals surface area contributed by atoms with E-state index in [0.29, 0.717) is 13.1 Å². The van der Waals surface area contributed by atoms with Crippen molar-refractivity contribution in [3.8, 4) is 0 Å². The van der Waals surface area contributed by atoms with Crippen molar-refractivity contribution in [3.63, 3.8) is 0 Å². The van der Waals surface area contributed by atoms with Crippen LogP contribution in [0.2, 0.25) is 0 Å². The quantitative estimate of drug-likeness (QED) is 0.685. The highest BCUT2D eigenvalue weighted by Gasteiger charge is 2.55. The number of hydrogen-bond donors (Lipinski definition) is 0. The predicted molar refractivity (Wildman–Crippen MR) is 58.7 cm³/mol. The minimum absolute atomic E-state index is 0.0196. The van der Waals surface area contributed by atoms with Crippen molar-refractivity contribution >= 4 is 12.1 Å². The van der Waals surface area contributed by atoms with E-state index in [4.69, 9.17) is 0 Å². The summed E-state index contributed by atoms with van der Waals surface area (Å²) in [5, 5.41) is 0. The lowest BCUT2D eigenvalue weighted by molar-refractivity contribution is 0.147. The standard InChI is InChI=1S/C10H18N4O2/c1-5-13-7-8(14(6-2)10(13)16)12(4)9(15)11(7)3/h7-8H,5-6H2,1-4H3/t7-,8-/m0/s1. The third-order valence-electron chi connectivity index (χ3n) is 3.48. The van der Waals surface area contributed by atoms with Gasteiger partial charge < -0.3 is 19.6 Å². The van der Waals surface area contributed by atoms with Gasteiger partial charge in [0.25, 0.3) is 0 Å². The molecule has 6 heteroatoms. The zero-order valence-electron chi connectivity index (χ0n) is 10.2. The molecule has 2 atom stereocenters. The molecule has 6 nitrogen and oxygen atoms in total. The predicted octanol–water partition coefficient (Wildman–Crippen LogP) is 0.413. The van der Waals surface area contributed by atoms with E-state index in [1.807, 2.05) is 13.8 Å². The Balaban J connectivity index is 2.38. The second kappa shape index (κ2) is 3.54. The monoisotopic (exact) mass is 226 g/mol. The number of rotatable bonds is 2. The summed E-state index contributed by atoms with van der Waals surface area (Å²) in [7, 11) is 3.50. The summed E-state index contributed by atoms with van der Waals surface area (Å²) >= 11 is 0. The Bertz CT molecular complexity index is 305. The van der Waals surface area contributed by atoms with Gasteiger partial charge in [0.05, 0.1) is 0 Å². The number of carbonyl (C=O) groups is 2. The Hall–Kier alpha value is -1.46.